The average molecular weight is 509 g/mol. The van der Waals surface area contributed by atoms with Gasteiger partial charge in [0.1, 0.15) is 17.6 Å². The maximum Gasteiger partial charge on any atom is 0.412 e. The molecule has 3 rings (SSSR count). The molecule has 0 aliphatic heterocycles. The number of phenols is 1. The normalized spacial score (nSPS) is 12.5. The first-order valence-corrected chi connectivity index (χ1v) is 12.4. The number of anilines is 1. The fraction of sp³-hybridized carbons (Fsp3) is 0.185. The molecule has 0 saturated carbocycles. The van der Waals surface area contributed by atoms with Gasteiger partial charge in [0.05, 0.1) is 0 Å². The van der Waals surface area contributed by atoms with Gasteiger partial charge in [-0.15, -0.1) is 11.8 Å². The Bertz CT molecular complexity index is 1140. The van der Waals surface area contributed by atoms with E-state index in [-0.39, 0.29) is 5.75 Å². The van der Waals surface area contributed by atoms with Crippen LogP contribution in [0.25, 0.3) is 0 Å². The zero-order valence-electron chi connectivity index (χ0n) is 19.7. The van der Waals surface area contributed by atoms with Crippen LogP contribution in [0.3, 0.4) is 0 Å². The second kappa shape index (κ2) is 13.8. The number of amides is 2. The number of carbonyl (C=O) groups is 2. The van der Waals surface area contributed by atoms with Gasteiger partial charge in [-0.25, -0.2) is 10.3 Å². The highest BCUT2D eigenvalue weighted by molar-refractivity contribution is 7.98. The van der Waals surface area contributed by atoms with E-state index in [1.807, 2.05) is 36.6 Å². The van der Waals surface area contributed by atoms with Crippen LogP contribution >= 0.6 is 11.8 Å². The highest BCUT2D eigenvalue weighted by Crippen LogP contribution is 2.30. The number of hydroxylamine groups is 1. The molecule has 0 unspecified atom stereocenters. The maximum absolute atomic E-state index is 12.9. The molecule has 0 bridgehead atoms. The third kappa shape index (κ3) is 8.37. The minimum atomic E-state index is -0.837. The molecule has 2 atom stereocenters. The zero-order chi connectivity index (χ0) is 25.8. The Balaban J connectivity index is 1.84. The van der Waals surface area contributed by atoms with E-state index >= 15 is 0 Å². The Morgan fingerprint density at radius 1 is 1.00 bits per heavy atom. The van der Waals surface area contributed by atoms with Gasteiger partial charge in [-0.2, -0.15) is 0 Å². The summed E-state index contributed by atoms with van der Waals surface area (Å²) in [4.78, 5) is 25.3. The molecule has 0 aliphatic rings. The van der Waals surface area contributed by atoms with E-state index in [0.29, 0.717) is 29.8 Å². The minimum absolute atomic E-state index is 0.0781. The first-order chi connectivity index (χ1) is 17.5. The molecule has 36 heavy (non-hydrogen) atoms. The van der Waals surface area contributed by atoms with Gasteiger partial charge < -0.3 is 14.6 Å². The first-order valence-electron chi connectivity index (χ1n) is 11.2. The molecule has 0 fully saturated rings. The molecular weight excluding hydrogens is 480 g/mol. The minimum Gasteiger partial charge on any atom is -0.508 e. The Hall–Kier alpha value is -3.95. The lowest BCUT2D eigenvalue weighted by Crippen LogP contribution is -2.31. The third-order valence-corrected chi connectivity index (χ3v) is 5.90. The monoisotopic (exact) mass is 508 g/mol. The number of carbonyl (C=O) groups excluding carboxylic acids is 2. The number of ether oxygens (including phenoxy) is 2. The van der Waals surface area contributed by atoms with E-state index < -0.39 is 24.2 Å². The molecule has 0 heterocycles. The van der Waals surface area contributed by atoms with Crippen LogP contribution in [0, 0.1) is 0 Å². The molecule has 0 saturated heterocycles. The molecule has 9 heteroatoms. The standard InChI is InChI=1S/C27H28N2O6S/c1-36-23-17-13-20(14-18-23)28-27(32)35-26(19-11-15-21(30)16-12-19)24(9-5-6-10-25(31)29-33)34-22-7-3-2-4-8-22/h2-4,6-8,10-18,24,26,30,33H,5,9H2,1H3,(H,28,32)(H,29,31)/b10-6+/t24-,26-/m1/s1. The predicted molar refractivity (Wildman–Crippen MR) is 138 cm³/mol. The molecule has 0 aliphatic carbocycles. The molecule has 0 radical (unpaired) electrons. The van der Waals surface area contributed by atoms with Crippen molar-refractivity contribution in [1.29, 1.82) is 0 Å². The highest BCUT2D eigenvalue weighted by Gasteiger charge is 2.29. The number of benzene rings is 3. The fourth-order valence-electron chi connectivity index (χ4n) is 3.39. The Kier molecular flexibility index (Phi) is 10.2. The van der Waals surface area contributed by atoms with Crippen LogP contribution in [0.2, 0.25) is 0 Å². The van der Waals surface area contributed by atoms with E-state index in [1.54, 1.807) is 59.7 Å². The van der Waals surface area contributed by atoms with Gasteiger partial charge in [-0.05, 0) is 73.2 Å². The van der Waals surface area contributed by atoms with Crippen LogP contribution in [0.1, 0.15) is 24.5 Å². The average Bonchev–Trinajstić information content (AvgIpc) is 2.90. The molecule has 3 aromatic rings. The van der Waals surface area contributed by atoms with Gasteiger partial charge in [-0.1, -0.05) is 36.4 Å². The Morgan fingerprint density at radius 2 is 1.69 bits per heavy atom. The number of aromatic hydroxyl groups is 1. The number of thioether (sulfide) groups is 1. The van der Waals surface area contributed by atoms with Gasteiger partial charge >= 0.3 is 6.09 Å². The summed E-state index contributed by atoms with van der Waals surface area (Å²) < 4.78 is 12.1. The van der Waals surface area contributed by atoms with Crippen LogP contribution in [0.5, 0.6) is 11.5 Å². The van der Waals surface area contributed by atoms with Gasteiger partial charge in [0.2, 0.25) is 0 Å². The zero-order valence-corrected chi connectivity index (χ0v) is 20.5. The molecule has 3 aromatic carbocycles. The van der Waals surface area contributed by atoms with Crippen LogP contribution in [0.15, 0.2) is 95.9 Å². The smallest absolute Gasteiger partial charge is 0.412 e. The molecule has 0 aromatic heterocycles. The summed E-state index contributed by atoms with van der Waals surface area (Å²) >= 11 is 1.60. The van der Waals surface area contributed by atoms with E-state index in [0.717, 1.165) is 4.90 Å². The van der Waals surface area contributed by atoms with Crippen molar-refractivity contribution >= 4 is 29.4 Å². The van der Waals surface area contributed by atoms with Crippen LogP contribution in [-0.4, -0.2) is 34.7 Å². The lowest BCUT2D eigenvalue weighted by atomic mass is 10.00. The summed E-state index contributed by atoms with van der Waals surface area (Å²) in [6.45, 7) is 0. The van der Waals surface area contributed by atoms with Crippen molar-refractivity contribution in [2.24, 2.45) is 0 Å². The van der Waals surface area contributed by atoms with E-state index in [4.69, 9.17) is 14.7 Å². The van der Waals surface area contributed by atoms with Crippen molar-refractivity contribution in [2.45, 2.75) is 29.9 Å². The topological polar surface area (TPSA) is 117 Å². The van der Waals surface area contributed by atoms with Crippen LogP contribution in [-0.2, 0) is 9.53 Å². The predicted octanol–water partition coefficient (Wildman–Crippen LogP) is 5.69. The van der Waals surface area contributed by atoms with Gasteiger partial charge in [0, 0.05) is 16.7 Å². The molecule has 8 nitrogen and oxygen atoms in total. The first kappa shape index (κ1) is 26.7. The summed E-state index contributed by atoms with van der Waals surface area (Å²) in [6, 6.07) is 22.8. The Labute approximate surface area is 213 Å². The fourth-order valence-corrected chi connectivity index (χ4v) is 3.80. The second-order valence-corrected chi connectivity index (χ2v) is 8.58. The quantitative estimate of drug-likeness (QED) is 0.114. The maximum atomic E-state index is 12.9. The van der Waals surface area contributed by atoms with Gasteiger partial charge in [0.25, 0.3) is 5.91 Å². The lowest BCUT2D eigenvalue weighted by molar-refractivity contribution is -0.124. The molecule has 2 amide bonds. The van der Waals surface area contributed by atoms with E-state index in [2.05, 4.69) is 5.32 Å². The van der Waals surface area contributed by atoms with Crippen molar-refractivity contribution in [3.05, 3.63) is 96.6 Å². The number of nitrogens with one attached hydrogen (secondary N) is 2. The van der Waals surface area contributed by atoms with Crippen molar-refractivity contribution in [2.75, 3.05) is 11.6 Å². The third-order valence-electron chi connectivity index (χ3n) is 5.16. The van der Waals surface area contributed by atoms with E-state index in [9.17, 15) is 14.7 Å². The lowest BCUT2D eigenvalue weighted by Gasteiger charge is -2.28. The molecular formula is C27H28N2O6S. The molecule has 0 spiro atoms. The SMILES string of the molecule is CSc1ccc(NC(=O)O[C@H](c2ccc(O)cc2)[C@@H](CC/C=C/C(=O)NO)Oc2ccccc2)cc1. The largest absolute Gasteiger partial charge is 0.508 e. The van der Waals surface area contributed by atoms with Crippen molar-refractivity contribution in [3.8, 4) is 11.5 Å². The molecule has 4 N–H and O–H groups in total. The van der Waals surface area contributed by atoms with Crippen molar-refractivity contribution in [1.82, 2.24) is 5.48 Å². The van der Waals surface area contributed by atoms with Crippen LogP contribution < -0.4 is 15.5 Å². The number of para-hydroxylation sites is 1. The van der Waals surface area contributed by atoms with Crippen molar-refractivity contribution < 1.29 is 29.4 Å². The second-order valence-electron chi connectivity index (χ2n) is 7.70. The summed E-state index contributed by atoms with van der Waals surface area (Å²) in [5.41, 5.74) is 2.75. The number of phenolic OH excluding ortho intramolecular Hbond substituents is 1. The highest BCUT2D eigenvalue weighted by atomic mass is 32.2. The number of hydrogen-bond donors (Lipinski definition) is 4. The summed E-state index contributed by atoms with van der Waals surface area (Å²) in [7, 11) is 0. The number of allylic oxidation sites excluding steroid dienone is 1. The number of hydrogen-bond acceptors (Lipinski definition) is 7. The number of rotatable bonds is 11. The summed E-state index contributed by atoms with van der Waals surface area (Å²) in [6.07, 6.45) is 3.42. The molecule has 188 valence electrons. The van der Waals surface area contributed by atoms with Gasteiger partial charge in [0.15, 0.2) is 6.10 Å². The summed E-state index contributed by atoms with van der Waals surface area (Å²) in [5, 5.41) is 21.2. The Morgan fingerprint density at radius 3 is 2.33 bits per heavy atom. The summed E-state index contributed by atoms with van der Waals surface area (Å²) in [5.74, 6) is 0.0167. The van der Waals surface area contributed by atoms with Crippen molar-refractivity contribution in [3.63, 3.8) is 0 Å². The van der Waals surface area contributed by atoms with E-state index in [1.165, 1.54) is 18.2 Å². The van der Waals surface area contributed by atoms with Gasteiger partial charge in [-0.3, -0.25) is 15.3 Å². The van der Waals surface area contributed by atoms with Crippen LogP contribution in [0.4, 0.5) is 10.5 Å².